The molecule has 0 spiro atoms. The summed E-state index contributed by atoms with van der Waals surface area (Å²) in [4.78, 5) is 52.9. The van der Waals surface area contributed by atoms with Gasteiger partial charge in [0.15, 0.2) is 0 Å². The smallest absolute Gasteiger partial charge is 0.830 e. The number of hydrogen-bond acceptors (Lipinski definition) is 9. The summed E-state index contributed by atoms with van der Waals surface area (Å²) < 4.78 is 0. The summed E-state index contributed by atoms with van der Waals surface area (Å²) in [7, 11) is -7.86. The van der Waals surface area contributed by atoms with Gasteiger partial charge in [0.1, 0.15) is 0 Å². The number of hydrogen-bond donors (Lipinski definition) is 3. The summed E-state index contributed by atoms with van der Waals surface area (Å²) in [6.07, 6.45) is 0. The molecule has 0 aromatic rings. The molecular weight excluding hydrogens is 285 g/mol. The van der Waals surface area contributed by atoms with Gasteiger partial charge in [0.2, 0.25) is 0 Å². The average Bonchev–Trinajstić information content (AvgIpc) is 1.54. The Morgan fingerprint density at radius 2 is 0.500 bits per heavy atom. The van der Waals surface area contributed by atoms with Crippen molar-refractivity contribution in [2.45, 2.75) is 0 Å². The van der Waals surface area contributed by atoms with Crippen LogP contribution in [-0.4, -0.2) is 34.7 Å². The second kappa shape index (κ2) is 24.3. The monoisotopic (exact) mass is 291 g/mol. The average molecular weight is 291 g/mol. The van der Waals surface area contributed by atoms with E-state index in [0.717, 1.165) is 0 Å². The van der Waals surface area contributed by atoms with Crippen LogP contribution in [0.5, 0.6) is 0 Å². The minimum atomic E-state index is -2.62. The third-order valence-corrected chi connectivity index (χ3v) is 0. The summed E-state index contributed by atoms with van der Waals surface area (Å²) in [6.45, 7) is 0. The van der Waals surface area contributed by atoms with Gasteiger partial charge in [-0.2, -0.15) is 0 Å². The molecule has 0 aliphatic rings. The van der Waals surface area contributed by atoms with E-state index in [4.69, 9.17) is 29.4 Å². The third kappa shape index (κ3) is 594. The fourth-order valence-electron chi connectivity index (χ4n) is 0. The second-order valence-corrected chi connectivity index (χ2v) is 2.57. The van der Waals surface area contributed by atoms with Crippen LogP contribution >= 0.6 is 25.6 Å². The fourth-order valence-corrected chi connectivity index (χ4v) is 0. The molecule has 0 radical (unpaired) electrons. The van der Waals surface area contributed by atoms with E-state index in [1.807, 2.05) is 0 Å². The largest absolute Gasteiger partial charge is 3.00 e. The summed E-state index contributed by atoms with van der Waals surface area (Å²) in [5.74, 6) is 0. The molecule has 6 N–H and O–H groups in total. The van der Waals surface area contributed by atoms with Crippen molar-refractivity contribution in [2.75, 3.05) is 0 Å². The van der Waals surface area contributed by atoms with Crippen molar-refractivity contribution < 1.29 is 29.4 Å². The van der Waals surface area contributed by atoms with Gasteiger partial charge in [0.05, 0.1) is 0 Å². The van der Waals surface area contributed by atoms with Crippen molar-refractivity contribution in [1.82, 2.24) is 0 Å². The van der Waals surface area contributed by atoms with Crippen LogP contribution in [0.1, 0.15) is 0 Å². The van der Waals surface area contributed by atoms with Crippen molar-refractivity contribution >= 4 is 60.3 Å². The molecule has 0 bridgehead atoms. The molecule has 0 aromatic carbocycles. The summed E-state index contributed by atoms with van der Waals surface area (Å²) in [5, 5.41) is 0. The van der Waals surface area contributed by atoms with Crippen LogP contribution in [0.4, 0.5) is 0 Å². The zero-order valence-corrected chi connectivity index (χ0v) is 11.7. The van der Waals surface area contributed by atoms with Gasteiger partial charge < -0.3 is 45.9 Å². The van der Waals surface area contributed by atoms with Gasteiger partial charge in [-0.1, -0.05) is 0 Å². The Hall–Kier alpha value is 1.99. The molecule has 0 atom stereocenters. The van der Waals surface area contributed by atoms with E-state index >= 15 is 0 Å². The van der Waals surface area contributed by atoms with Crippen LogP contribution in [0.25, 0.3) is 0 Å². The Morgan fingerprint density at radius 3 is 0.500 bits per heavy atom. The molecule has 78 valence electrons. The number of rotatable bonds is 0. The van der Waals surface area contributed by atoms with Crippen molar-refractivity contribution in [3.8, 4) is 0 Å². The SMILES string of the molecule is NP([O-])[O-].NP([O-])[O-].NP([O-])[O-].[Al+3].[Al+3]. The molecule has 0 aliphatic carbocycles. The Kier molecular flexibility index (Phi) is 51.6. The summed E-state index contributed by atoms with van der Waals surface area (Å²) in [5.41, 5.74) is 12.2. The normalized spacial score (nSPS) is 7.71. The van der Waals surface area contributed by atoms with Gasteiger partial charge in [-0.25, -0.2) is 25.6 Å². The molecule has 9 nitrogen and oxygen atoms in total. The Bertz CT molecular complexity index is 54.8. The van der Waals surface area contributed by atoms with Gasteiger partial charge >= 0.3 is 34.7 Å². The Balaban J connectivity index is -0.0000000270. The van der Waals surface area contributed by atoms with Crippen LogP contribution in [0.2, 0.25) is 0 Å². The predicted molar refractivity (Wildman–Crippen MR) is 44.8 cm³/mol. The van der Waals surface area contributed by atoms with E-state index < -0.39 is 25.6 Å². The zero-order chi connectivity index (χ0) is 10.7. The second-order valence-electron chi connectivity index (χ2n) is 0.856. The molecular formula is H6Al2N3O6P3. The van der Waals surface area contributed by atoms with Gasteiger partial charge in [-0.15, -0.1) is 0 Å². The van der Waals surface area contributed by atoms with Crippen LogP contribution in [0, 0.1) is 0 Å². The number of nitrogens with two attached hydrogens (primary N) is 3. The molecule has 0 saturated carbocycles. The maximum Gasteiger partial charge on any atom is 3.00 e. The predicted octanol–water partition coefficient (Wildman–Crippen LogP) is -7.08. The minimum absolute atomic E-state index is 0. The van der Waals surface area contributed by atoms with Crippen LogP contribution < -0.4 is 45.9 Å². The van der Waals surface area contributed by atoms with E-state index in [-0.39, 0.29) is 34.7 Å². The molecule has 0 saturated heterocycles. The maximum atomic E-state index is 8.81. The summed E-state index contributed by atoms with van der Waals surface area (Å²) in [6, 6.07) is 0. The molecule has 0 rings (SSSR count). The topological polar surface area (TPSA) is 216 Å². The Morgan fingerprint density at radius 1 is 0.500 bits per heavy atom. The van der Waals surface area contributed by atoms with Gasteiger partial charge in [-0.3, -0.25) is 0 Å². The van der Waals surface area contributed by atoms with E-state index in [1.165, 1.54) is 0 Å². The fraction of sp³-hybridized carbons (Fsp3) is 0. The van der Waals surface area contributed by atoms with E-state index in [1.54, 1.807) is 0 Å². The van der Waals surface area contributed by atoms with E-state index in [2.05, 4.69) is 16.5 Å². The van der Waals surface area contributed by atoms with Crippen molar-refractivity contribution in [3.63, 3.8) is 0 Å². The van der Waals surface area contributed by atoms with Crippen LogP contribution in [-0.2, 0) is 0 Å². The third-order valence-electron chi connectivity index (χ3n) is 0. The van der Waals surface area contributed by atoms with Gasteiger partial charge in [0.25, 0.3) is 0 Å². The molecule has 0 unspecified atom stereocenters. The first-order chi connectivity index (χ1) is 5.20. The van der Waals surface area contributed by atoms with Crippen molar-refractivity contribution in [2.24, 2.45) is 16.5 Å². The molecule has 14 heteroatoms. The minimum Gasteiger partial charge on any atom is -0.830 e. The molecule has 14 heavy (non-hydrogen) atoms. The van der Waals surface area contributed by atoms with Crippen molar-refractivity contribution in [1.29, 1.82) is 0 Å². The first-order valence-electron chi connectivity index (χ1n) is 1.87. The molecule has 0 heterocycles. The first kappa shape index (κ1) is 29.7. The van der Waals surface area contributed by atoms with Crippen LogP contribution in [0.3, 0.4) is 0 Å². The van der Waals surface area contributed by atoms with Crippen LogP contribution in [0.15, 0.2) is 0 Å². The van der Waals surface area contributed by atoms with Crippen molar-refractivity contribution in [3.05, 3.63) is 0 Å². The Labute approximate surface area is 106 Å². The first-order valence-corrected chi connectivity index (χ1v) is 5.61. The van der Waals surface area contributed by atoms with Gasteiger partial charge in [-0.05, 0) is 0 Å². The van der Waals surface area contributed by atoms with E-state index in [9.17, 15) is 0 Å². The zero-order valence-electron chi connectivity index (χ0n) is 6.68. The molecule has 0 amide bonds. The quantitative estimate of drug-likeness (QED) is 0.284. The molecule has 0 fully saturated rings. The molecule has 0 aliphatic heterocycles. The van der Waals surface area contributed by atoms with Gasteiger partial charge in [0, 0.05) is 0 Å². The standard InChI is InChI=1S/2Al.3H2NO2P/c;;3*1-4(2)3/h;;3*1H2/q2*+3;3*-2. The van der Waals surface area contributed by atoms with E-state index in [0.29, 0.717) is 0 Å². The summed E-state index contributed by atoms with van der Waals surface area (Å²) >= 11 is 0. The molecule has 0 aromatic heterocycles. The maximum absolute atomic E-state index is 8.81.